The zero-order valence-corrected chi connectivity index (χ0v) is 11.8. The third kappa shape index (κ3) is 5.84. The SMILES string of the molecule is CCCCCCOc1cc(C)nc(NCCC)n1. The summed E-state index contributed by atoms with van der Waals surface area (Å²) < 4.78 is 5.66. The molecule has 0 unspecified atom stereocenters. The molecule has 0 radical (unpaired) electrons. The van der Waals surface area contributed by atoms with Crippen LogP contribution in [0.5, 0.6) is 5.88 Å². The summed E-state index contributed by atoms with van der Waals surface area (Å²) in [6, 6.07) is 1.89. The van der Waals surface area contributed by atoms with Gasteiger partial charge in [-0.15, -0.1) is 0 Å². The first kappa shape index (κ1) is 14.7. The highest BCUT2D eigenvalue weighted by molar-refractivity contribution is 5.30. The van der Waals surface area contributed by atoms with Gasteiger partial charge in [0.1, 0.15) is 0 Å². The molecule has 18 heavy (non-hydrogen) atoms. The molecular formula is C14H25N3O. The molecule has 0 amide bonds. The predicted octanol–water partition coefficient (Wildman–Crippen LogP) is 3.57. The van der Waals surface area contributed by atoms with E-state index in [1.165, 1.54) is 19.3 Å². The Bertz CT molecular complexity index is 342. The van der Waals surface area contributed by atoms with Gasteiger partial charge in [-0.05, 0) is 19.8 Å². The van der Waals surface area contributed by atoms with Gasteiger partial charge in [0, 0.05) is 18.3 Å². The van der Waals surface area contributed by atoms with E-state index in [-0.39, 0.29) is 0 Å². The van der Waals surface area contributed by atoms with Crippen LogP contribution in [0.25, 0.3) is 0 Å². The van der Waals surface area contributed by atoms with Crippen LogP contribution in [-0.4, -0.2) is 23.1 Å². The van der Waals surface area contributed by atoms with Gasteiger partial charge in [-0.2, -0.15) is 4.98 Å². The molecule has 0 aliphatic heterocycles. The van der Waals surface area contributed by atoms with E-state index in [2.05, 4.69) is 29.1 Å². The van der Waals surface area contributed by atoms with Gasteiger partial charge < -0.3 is 10.1 Å². The van der Waals surface area contributed by atoms with Crippen molar-refractivity contribution < 1.29 is 4.74 Å². The third-order valence-corrected chi connectivity index (χ3v) is 2.61. The topological polar surface area (TPSA) is 47.0 Å². The Hall–Kier alpha value is -1.32. The molecule has 1 aromatic heterocycles. The second kappa shape index (κ2) is 8.72. The molecule has 0 aliphatic rings. The number of anilines is 1. The van der Waals surface area contributed by atoms with E-state index in [4.69, 9.17) is 4.74 Å². The van der Waals surface area contributed by atoms with Crippen LogP contribution < -0.4 is 10.1 Å². The zero-order valence-electron chi connectivity index (χ0n) is 11.8. The van der Waals surface area contributed by atoms with Crippen molar-refractivity contribution >= 4 is 5.95 Å². The summed E-state index contributed by atoms with van der Waals surface area (Å²) in [4.78, 5) is 8.67. The lowest BCUT2D eigenvalue weighted by molar-refractivity contribution is 0.293. The van der Waals surface area contributed by atoms with Gasteiger partial charge in [0.05, 0.1) is 6.61 Å². The Labute approximate surface area is 110 Å². The minimum atomic E-state index is 0.667. The molecule has 0 bridgehead atoms. The summed E-state index contributed by atoms with van der Waals surface area (Å²) in [6.45, 7) is 7.92. The first-order valence-electron chi connectivity index (χ1n) is 6.98. The van der Waals surface area contributed by atoms with E-state index in [0.717, 1.165) is 31.7 Å². The number of hydrogen-bond donors (Lipinski definition) is 1. The lowest BCUT2D eigenvalue weighted by Crippen LogP contribution is -2.07. The molecule has 0 aliphatic carbocycles. The van der Waals surface area contributed by atoms with Gasteiger partial charge in [0.15, 0.2) is 0 Å². The van der Waals surface area contributed by atoms with Crippen LogP contribution in [0.15, 0.2) is 6.07 Å². The van der Waals surface area contributed by atoms with Crippen molar-refractivity contribution in [2.45, 2.75) is 52.9 Å². The number of nitrogens with one attached hydrogen (secondary N) is 1. The fourth-order valence-electron chi connectivity index (χ4n) is 1.64. The summed E-state index contributed by atoms with van der Waals surface area (Å²) in [5, 5.41) is 3.18. The van der Waals surface area contributed by atoms with Crippen LogP contribution in [0, 0.1) is 6.92 Å². The molecule has 4 heteroatoms. The normalized spacial score (nSPS) is 10.4. The van der Waals surface area contributed by atoms with Gasteiger partial charge >= 0.3 is 0 Å². The van der Waals surface area contributed by atoms with Crippen LogP contribution in [0.4, 0.5) is 5.95 Å². The minimum Gasteiger partial charge on any atom is -0.478 e. The van der Waals surface area contributed by atoms with E-state index in [1.54, 1.807) is 0 Å². The Morgan fingerprint density at radius 3 is 2.67 bits per heavy atom. The van der Waals surface area contributed by atoms with Crippen molar-refractivity contribution in [2.24, 2.45) is 0 Å². The Morgan fingerprint density at radius 2 is 1.94 bits per heavy atom. The minimum absolute atomic E-state index is 0.667. The van der Waals surface area contributed by atoms with E-state index < -0.39 is 0 Å². The monoisotopic (exact) mass is 251 g/mol. The van der Waals surface area contributed by atoms with Crippen molar-refractivity contribution in [1.82, 2.24) is 9.97 Å². The maximum Gasteiger partial charge on any atom is 0.226 e. The molecule has 1 heterocycles. The highest BCUT2D eigenvalue weighted by Crippen LogP contribution is 2.12. The van der Waals surface area contributed by atoms with Crippen molar-refractivity contribution in [2.75, 3.05) is 18.5 Å². The Balaban J connectivity index is 2.41. The van der Waals surface area contributed by atoms with Crippen molar-refractivity contribution in [3.05, 3.63) is 11.8 Å². The summed E-state index contributed by atoms with van der Waals surface area (Å²) in [5.41, 5.74) is 0.937. The maximum atomic E-state index is 5.66. The molecule has 4 nitrogen and oxygen atoms in total. The summed E-state index contributed by atoms with van der Waals surface area (Å²) in [6.07, 6.45) is 5.90. The molecule has 1 rings (SSSR count). The molecule has 0 saturated carbocycles. The number of unbranched alkanes of at least 4 members (excludes halogenated alkanes) is 3. The van der Waals surface area contributed by atoms with Gasteiger partial charge in [-0.25, -0.2) is 4.98 Å². The Morgan fingerprint density at radius 1 is 1.11 bits per heavy atom. The molecule has 1 aromatic rings. The van der Waals surface area contributed by atoms with Crippen LogP contribution in [-0.2, 0) is 0 Å². The number of rotatable bonds is 9. The number of aromatic nitrogens is 2. The van der Waals surface area contributed by atoms with E-state index >= 15 is 0 Å². The average Bonchev–Trinajstić information content (AvgIpc) is 2.35. The number of hydrogen-bond acceptors (Lipinski definition) is 4. The molecule has 102 valence electrons. The quantitative estimate of drug-likeness (QED) is 0.682. The lowest BCUT2D eigenvalue weighted by atomic mass is 10.2. The van der Waals surface area contributed by atoms with Gasteiger partial charge in [-0.1, -0.05) is 33.1 Å². The average molecular weight is 251 g/mol. The van der Waals surface area contributed by atoms with Crippen molar-refractivity contribution in [1.29, 1.82) is 0 Å². The van der Waals surface area contributed by atoms with E-state index in [9.17, 15) is 0 Å². The van der Waals surface area contributed by atoms with Crippen LogP contribution >= 0.6 is 0 Å². The molecule has 1 N–H and O–H groups in total. The third-order valence-electron chi connectivity index (χ3n) is 2.61. The highest BCUT2D eigenvalue weighted by atomic mass is 16.5. The molecule has 0 atom stereocenters. The summed E-state index contributed by atoms with van der Waals surface area (Å²) in [7, 11) is 0. The number of ether oxygens (including phenoxy) is 1. The summed E-state index contributed by atoms with van der Waals surface area (Å²) in [5.74, 6) is 1.35. The molecule has 0 fully saturated rings. The van der Waals surface area contributed by atoms with Gasteiger partial charge in [0.2, 0.25) is 11.8 Å². The molecule has 0 aromatic carbocycles. The van der Waals surface area contributed by atoms with Crippen LogP contribution in [0.2, 0.25) is 0 Å². The van der Waals surface area contributed by atoms with E-state index in [1.807, 2.05) is 13.0 Å². The smallest absolute Gasteiger partial charge is 0.226 e. The van der Waals surface area contributed by atoms with Crippen LogP contribution in [0.3, 0.4) is 0 Å². The molecule has 0 saturated heterocycles. The lowest BCUT2D eigenvalue weighted by Gasteiger charge is -2.08. The van der Waals surface area contributed by atoms with Gasteiger partial charge in [0.25, 0.3) is 0 Å². The second-order valence-corrected chi connectivity index (χ2v) is 4.51. The number of aryl methyl sites for hydroxylation is 1. The zero-order chi connectivity index (χ0) is 13.2. The van der Waals surface area contributed by atoms with Gasteiger partial charge in [-0.3, -0.25) is 0 Å². The van der Waals surface area contributed by atoms with Crippen molar-refractivity contribution in [3.63, 3.8) is 0 Å². The number of nitrogens with zero attached hydrogens (tertiary/aromatic N) is 2. The first-order chi connectivity index (χ1) is 8.76. The fraction of sp³-hybridized carbons (Fsp3) is 0.714. The first-order valence-corrected chi connectivity index (χ1v) is 6.98. The molecule has 0 spiro atoms. The van der Waals surface area contributed by atoms with Crippen LogP contribution in [0.1, 0.15) is 51.6 Å². The summed E-state index contributed by atoms with van der Waals surface area (Å²) >= 11 is 0. The fourth-order valence-corrected chi connectivity index (χ4v) is 1.64. The predicted molar refractivity (Wildman–Crippen MR) is 75.2 cm³/mol. The maximum absolute atomic E-state index is 5.66. The highest BCUT2D eigenvalue weighted by Gasteiger charge is 2.02. The second-order valence-electron chi connectivity index (χ2n) is 4.51. The van der Waals surface area contributed by atoms with Crippen molar-refractivity contribution in [3.8, 4) is 5.88 Å². The standard InChI is InChI=1S/C14H25N3O/c1-4-6-7-8-10-18-13-11-12(3)16-14(17-13)15-9-5-2/h11H,4-10H2,1-3H3,(H,15,16,17). The Kier molecular flexibility index (Phi) is 7.14. The largest absolute Gasteiger partial charge is 0.478 e. The molecular weight excluding hydrogens is 226 g/mol. The van der Waals surface area contributed by atoms with E-state index in [0.29, 0.717) is 11.8 Å².